The maximum absolute atomic E-state index is 11.1. The topological polar surface area (TPSA) is 57.9 Å². The lowest BCUT2D eigenvalue weighted by Gasteiger charge is -2.04. The van der Waals surface area contributed by atoms with Gasteiger partial charge >= 0.3 is 0 Å². The number of benzene rings is 1. The van der Waals surface area contributed by atoms with Crippen molar-refractivity contribution in [2.75, 3.05) is 0 Å². The van der Waals surface area contributed by atoms with Crippen LogP contribution in [-0.4, -0.2) is 8.42 Å². The lowest BCUT2D eigenvalue weighted by molar-refractivity contribution is 0.607. The third-order valence-corrected chi connectivity index (χ3v) is 4.70. The van der Waals surface area contributed by atoms with E-state index in [9.17, 15) is 8.42 Å². The first-order valence-corrected chi connectivity index (χ1v) is 7.07. The van der Waals surface area contributed by atoms with Crippen molar-refractivity contribution in [1.29, 1.82) is 5.26 Å². The van der Waals surface area contributed by atoms with Crippen molar-refractivity contribution < 1.29 is 8.42 Å². The van der Waals surface area contributed by atoms with Crippen LogP contribution in [0, 0.1) is 14.9 Å². The highest BCUT2D eigenvalue weighted by Crippen LogP contribution is 2.30. The monoisotopic (exact) mass is 359 g/mol. The Morgan fingerprint density at radius 1 is 1.50 bits per heavy atom. The maximum Gasteiger partial charge on any atom is 0.263 e. The predicted molar refractivity (Wildman–Crippen MR) is 64.2 cm³/mol. The number of halogens is 2. The molecule has 0 saturated carbocycles. The van der Waals surface area contributed by atoms with Gasteiger partial charge in [0.2, 0.25) is 0 Å². The molecule has 0 N–H and O–H groups in total. The fourth-order valence-electron chi connectivity index (χ4n) is 0.869. The lowest BCUT2D eigenvalue weighted by Crippen LogP contribution is -1.98. The molecule has 74 valence electrons. The zero-order valence-electron chi connectivity index (χ0n) is 6.53. The molecule has 1 rings (SSSR count). The summed E-state index contributed by atoms with van der Waals surface area (Å²) in [6, 6.07) is 4.84. The molecule has 0 fully saturated rings. The van der Waals surface area contributed by atoms with E-state index in [2.05, 4.69) is 12.6 Å². The molecule has 3 nitrogen and oxygen atoms in total. The summed E-state index contributed by atoms with van der Waals surface area (Å²) in [5.74, 6) is 0. The first kappa shape index (κ1) is 12.1. The van der Waals surface area contributed by atoms with Gasteiger partial charge in [0.1, 0.15) is 11.0 Å². The Balaban J connectivity index is 3.68. The van der Waals surface area contributed by atoms with E-state index in [1.807, 2.05) is 28.7 Å². The second-order valence-electron chi connectivity index (χ2n) is 2.32. The molecule has 0 aromatic heterocycles. The Hall–Kier alpha value is 0.0300. The summed E-state index contributed by atoms with van der Waals surface area (Å²) in [6.45, 7) is 0. The molecule has 0 aliphatic rings. The van der Waals surface area contributed by atoms with Gasteiger partial charge in [-0.25, -0.2) is 8.42 Å². The van der Waals surface area contributed by atoms with Crippen LogP contribution < -0.4 is 0 Å². The van der Waals surface area contributed by atoms with Gasteiger partial charge in [-0.1, -0.05) is 0 Å². The SMILES string of the molecule is N#Cc1ccc(I)c(S(=O)(=O)Cl)c1S. The minimum atomic E-state index is -3.86. The molecule has 0 aliphatic heterocycles. The Labute approximate surface area is 105 Å². The van der Waals surface area contributed by atoms with E-state index in [1.165, 1.54) is 12.1 Å². The van der Waals surface area contributed by atoms with Crippen LogP contribution in [0.2, 0.25) is 0 Å². The maximum atomic E-state index is 11.1. The summed E-state index contributed by atoms with van der Waals surface area (Å²) in [4.78, 5) is -0.0171. The van der Waals surface area contributed by atoms with E-state index >= 15 is 0 Å². The molecule has 0 radical (unpaired) electrons. The van der Waals surface area contributed by atoms with Gasteiger partial charge in [0.25, 0.3) is 9.05 Å². The van der Waals surface area contributed by atoms with Gasteiger partial charge in [-0.15, -0.1) is 12.6 Å². The molecule has 7 heteroatoms. The quantitative estimate of drug-likeness (QED) is 0.476. The molecule has 1 aromatic carbocycles. The van der Waals surface area contributed by atoms with Gasteiger partial charge in [-0.2, -0.15) is 5.26 Å². The van der Waals surface area contributed by atoms with Crippen molar-refractivity contribution in [1.82, 2.24) is 0 Å². The van der Waals surface area contributed by atoms with Crippen molar-refractivity contribution in [2.24, 2.45) is 0 Å². The molecule has 1 aromatic rings. The van der Waals surface area contributed by atoms with Crippen molar-refractivity contribution in [3.05, 3.63) is 21.3 Å². The van der Waals surface area contributed by atoms with Crippen LogP contribution in [0.1, 0.15) is 5.56 Å². The molecular weight excluding hydrogens is 357 g/mol. The number of hydrogen-bond acceptors (Lipinski definition) is 4. The standard InChI is InChI=1S/C7H3ClINO2S2/c8-14(11,12)7-5(9)2-1-4(3-10)6(7)13/h1-2,13H. The second-order valence-corrected chi connectivity index (χ2v) is 6.43. The van der Waals surface area contributed by atoms with Gasteiger partial charge in [0, 0.05) is 19.1 Å². The van der Waals surface area contributed by atoms with E-state index in [1.54, 1.807) is 0 Å². The van der Waals surface area contributed by atoms with Crippen LogP contribution in [0.15, 0.2) is 21.9 Å². The molecule has 0 spiro atoms. The number of nitriles is 1. The molecule has 0 atom stereocenters. The van der Waals surface area contributed by atoms with E-state index in [0.29, 0.717) is 3.57 Å². The van der Waals surface area contributed by atoms with E-state index in [4.69, 9.17) is 15.9 Å². The van der Waals surface area contributed by atoms with Crippen molar-refractivity contribution in [2.45, 2.75) is 9.79 Å². The van der Waals surface area contributed by atoms with Crippen LogP contribution in [0.5, 0.6) is 0 Å². The zero-order chi connectivity index (χ0) is 10.9. The van der Waals surface area contributed by atoms with Crippen LogP contribution in [0.25, 0.3) is 0 Å². The van der Waals surface area contributed by atoms with Crippen LogP contribution >= 0.6 is 45.9 Å². The molecule has 0 amide bonds. The fourth-order valence-corrected chi connectivity index (χ4v) is 4.68. The van der Waals surface area contributed by atoms with Gasteiger partial charge in [-0.3, -0.25) is 0 Å². The minimum Gasteiger partial charge on any atom is -0.207 e. The molecular formula is C7H3ClINO2S2. The van der Waals surface area contributed by atoms with Crippen LogP contribution in [0.4, 0.5) is 0 Å². The highest BCUT2D eigenvalue weighted by atomic mass is 127. The summed E-state index contributed by atoms with van der Waals surface area (Å²) < 4.78 is 22.7. The normalized spacial score (nSPS) is 11.0. The second kappa shape index (κ2) is 4.26. The van der Waals surface area contributed by atoms with Crippen LogP contribution in [0.3, 0.4) is 0 Å². The Morgan fingerprint density at radius 2 is 2.07 bits per heavy atom. The van der Waals surface area contributed by atoms with Crippen molar-refractivity contribution >= 4 is 55.0 Å². The average molecular weight is 360 g/mol. The van der Waals surface area contributed by atoms with E-state index in [-0.39, 0.29) is 15.4 Å². The summed E-state index contributed by atoms with van der Waals surface area (Å²) in [5, 5.41) is 8.66. The number of rotatable bonds is 1. The highest BCUT2D eigenvalue weighted by molar-refractivity contribution is 14.1. The van der Waals surface area contributed by atoms with E-state index in [0.717, 1.165) is 0 Å². The average Bonchev–Trinajstić information content (AvgIpc) is 2.02. The molecule has 0 bridgehead atoms. The van der Waals surface area contributed by atoms with Gasteiger partial charge in [0.15, 0.2) is 0 Å². The first-order valence-electron chi connectivity index (χ1n) is 3.24. The molecule has 0 heterocycles. The van der Waals surface area contributed by atoms with Gasteiger partial charge in [0.05, 0.1) is 5.56 Å². The number of hydrogen-bond donors (Lipinski definition) is 1. The number of thiol groups is 1. The van der Waals surface area contributed by atoms with Gasteiger partial charge < -0.3 is 0 Å². The van der Waals surface area contributed by atoms with Gasteiger partial charge in [-0.05, 0) is 34.7 Å². The first-order chi connectivity index (χ1) is 6.38. The lowest BCUT2D eigenvalue weighted by atomic mass is 10.2. The summed E-state index contributed by atoms with van der Waals surface area (Å²) >= 11 is 5.79. The molecule has 14 heavy (non-hydrogen) atoms. The Kier molecular flexibility index (Phi) is 3.69. The Bertz CT molecular complexity index is 521. The number of nitrogens with zero attached hydrogens (tertiary/aromatic N) is 1. The largest absolute Gasteiger partial charge is 0.263 e. The predicted octanol–water partition coefficient (Wildman–Crippen LogP) is 2.38. The minimum absolute atomic E-state index is 0.0920. The van der Waals surface area contributed by atoms with Crippen molar-refractivity contribution in [3.63, 3.8) is 0 Å². The Morgan fingerprint density at radius 3 is 2.50 bits per heavy atom. The summed E-state index contributed by atoms with van der Waals surface area (Å²) in [5.41, 5.74) is 0.188. The molecule has 0 saturated heterocycles. The highest BCUT2D eigenvalue weighted by Gasteiger charge is 2.20. The molecule has 0 unspecified atom stereocenters. The van der Waals surface area contributed by atoms with Crippen molar-refractivity contribution in [3.8, 4) is 6.07 Å². The third kappa shape index (κ3) is 2.34. The third-order valence-electron chi connectivity index (χ3n) is 1.45. The fraction of sp³-hybridized carbons (Fsp3) is 0. The zero-order valence-corrected chi connectivity index (χ0v) is 11.2. The van der Waals surface area contributed by atoms with E-state index < -0.39 is 9.05 Å². The smallest absolute Gasteiger partial charge is 0.207 e. The van der Waals surface area contributed by atoms with Crippen LogP contribution in [-0.2, 0) is 9.05 Å². The summed E-state index contributed by atoms with van der Waals surface area (Å²) in [6.07, 6.45) is 0. The molecule has 0 aliphatic carbocycles. The summed E-state index contributed by atoms with van der Waals surface area (Å²) in [7, 11) is 1.35.